The first-order valence-electron chi connectivity index (χ1n) is 7.48. The maximum absolute atomic E-state index is 12.2. The molecule has 0 fully saturated rings. The van der Waals surface area contributed by atoms with E-state index >= 15 is 0 Å². The van der Waals surface area contributed by atoms with Gasteiger partial charge in [0, 0.05) is 11.6 Å². The fraction of sp³-hybridized carbons (Fsp3) is 0.111. The SMILES string of the molecule is O=C(OCc1cc(-c2ccccc2)on1)c1cc(Cl)c2c(c1)OCO2. The molecule has 0 N–H and O–H groups in total. The Balaban J connectivity index is 1.44. The van der Waals surface area contributed by atoms with Crippen molar-refractivity contribution in [2.45, 2.75) is 6.61 Å². The molecule has 1 aromatic heterocycles. The first-order valence-corrected chi connectivity index (χ1v) is 7.86. The Hall–Kier alpha value is -2.99. The summed E-state index contributed by atoms with van der Waals surface area (Å²) in [5, 5.41) is 4.21. The highest BCUT2D eigenvalue weighted by molar-refractivity contribution is 6.32. The number of hydrogen-bond acceptors (Lipinski definition) is 6. The van der Waals surface area contributed by atoms with Gasteiger partial charge in [-0.15, -0.1) is 0 Å². The van der Waals surface area contributed by atoms with E-state index in [1.807, 2.05) is 30.3 Å². The third kappa shape index (κ3) is 3.16. The zero-order chi connectivity index (χ0) is 17.2. The second-order valence-electron chi connectivity index (χ2n) is 5.32. The number of ether oxygens (including phenoxy) is 3. The number of halogens is 1. The first-order chi connectivity index (χ1) is 12.2. The van der Waals surface area contributed by atoms with E-state index in [0.717, 1.165) is 5.56 Å². The van der Waals surface area contributed by atoms with Crippen LogP contribution in [0.3, 0.4) is 0 Å². The van der Waals surface area contributed by atoms with E-state index in [1.165, 1.54) is 12.1 Å². The third-order valence-electron chi connectivity index (χ3n) is 3.63. The van der Waals surface area contributed by atoms with E-state index in [9.17, 15) is 4.79 Å². The van der Waals surface area contributed by atoms with Gasteiger partial charge in [-0.2, -0.15) is 0 Å². The molecule has 0 atom stereocenters. The van der Waals surface area contributed by atoms with E-state index in [4.69, 9.17) is 30.3 Å². The van der Waals surface area contributed by atoms with Crippen LogP contribution in [0, 0.1) is 0 Å². The number of benzene rings is 2. The number of aromatic nitrogens is 1. The summed E-state index contributed by atoms with van der Waals surface area (Å²) in [6.07, 6.45) is 0. The van der Waals surface area contributed by atoms with E-state index in [0.29, 0.717) is 28.0 Å². The van der Waals surface area contributed by atoms with Crippen molar-refractivity contribution < 1.29 is 23.5 Å². The minimum Gasteiger partial charge on any atom is -0.455 e. The van der Waals surface area contributed by atoms with Crippen molar-refractivity contribution in [3.63, 3.8) is 0 Å². The Morgan fingerprint density at radius 1 is 1.16 bits per heavy atom. The van der Waals surface area contributed by atoms with Crippen LogP contribution < -0.4 is 9.47 Å². The fourth-order valence-corrected chi connectivity index (χ4v) is 2.69. The van der Waals surface area contributed by atoms with Crippen LogP contribution >= 0.6 is 11.6 Å². The summed E-state index contributed by atoms with van der Waals surface area (Å²) < 4.78 is 21.0. The predicted molar refractivity (Wildman–Crippen MR) is 88.6 cm³/mol. The normalized spacial score (nSPS) is 12.2. The maximum atomic E-state index is 12.2. The van der Waals surface area contributed by atoms with Gasteiger partial charge >= 0.3 is 5.97 Å². The maximum Gasteiger partial charge on any atom is 0.338 e. The van der Waals surface area contributed by atoms with Crippen LogP contribution in [0.1, 0.15) is 16.1 Å². The molecule has 0 amide bonds. The smallest absolute Gasteiger partial charge is 0.338 e. The summed E-state index contributed by atoms with van der Waals surface area (Å²) in [5.74, 6) is 0.928. The van der Waals surface area contributed by atoms with E-state index in [-0.39, 0.29) is 19.0 Å². The van der Waals surface area contributed by atoms with E-state index < -0.39 is 5.97 Å². The Morgan fingerprint density at radius 2 is 2.00 bits per heavy atom. The zero-order valence-electron chi connectivity index (χ0n) is 12.9. The molecule has 1 aliphatic rings. The zero-order valence-corrected chi connectivity index (χ0v) is 13.7. The fourth-order valence-electron chi connectivity index (χ4n) is 2.43. The summed E-state index contributed by atoms with van der Waals surface area (Å²) in [5.41, 5.74) is 1.69. The lowest BCUT2D eigenvalue weighted by atomic mass is 10.2. The van der Waals surface area contributed by atoms with Crippen molar-refractivity contribution in [3.8, 4) is 22.8 Å². The summed E-state index contributed by atoms with van der Waals surface area (Å²) in [6, 6.07) is 14.3. The molecule has 2 heterocycles. The van der Waals surface area contributed by atoms with Gasteiger partial charge in [0.2, 0.25) is 6.79 Å². The molecule has 2 aromatic carbocycles. The van der Waals surface area contributed by atoms with Crippen LogP contribution in [-0.2, 0) is 11.3 Å². The Morgan fingerprint density at radius 3 is 2.84 bits per heavy atom. The van der Waals surface area contributed by atoms with Crippen LogP contribution in [0.25, 0.3) is 11.3 Å². The molecule has 0 unspecified atom stereocenters. The van der Waals surface area contributed by atoms with Gasteiger partial charge in [-0.1, -0.05) is 47.1 Å². The molecule has 1 aliphatic heterocycles. The van der Waals surface area contributed by atoms with Gasteiger partial charge in [0.1, 0.15) is 12.3 Å². The lowest BCUT2D eigenvalue weighted by molar-refractivity contribution is 0.0464. The molecule has 25 heavy (non-hydrogen) atoms. The Kier molecular flexibility index (Phi) is 4.03. The molecule has 0 bridgehead atoms. The molecule has 0 aliphatic carbocycles. The van der Waals surface area contributed by atoms with Crippen molar-refractivity contribution in [2.24, 2.45) is 0 Å². The molecule has 0 spiro atoms. The molecule has 4 rings (SSSR count). The van der Waals surface area contributed by atoms with Crippen LogP contribution in [0.5, 0.6) is 11.5 Å². The van der Waals surface area contributed by atoms with Crippen LogP contribution in [-0.4, -0.2) is 17.9 Å². The lowest BCUT2D eigenvalue weighted by Crippen LogP contribution is -2.05. The van der Waals surface area contributed by atoms with Gasteiger partial charge in [0.15, 0.2) is 17.3 Å². The van der Waals surface area contributed by atoms with Crippen molar-refractivity contribution in [3.05, 3.63) is 64.8 Å². The van der Waals surface area contributed by atoms with Gasteiger partial charge < -0.3 is 18.7 Å². The van der Waals surface area contributed by atoms with Gasteiger partial charge in [0.05, 0.1) is 10.6 Å². The lowest BCUT2D eigenvalue weighted by Gasteiger charge is -2.05. The minimum atomic E-state index is -0.538. The van der Waals surface area contributed by atoms with Crippen molar-refractivity contribution in [2.75, 3.05) is 6.79 Å². The second kappa shape index (κ2) is 6.49. The van der Waals surface area contributed by atoms with Crippen LogP contribution in [0.4, 0.5) is 0 Å². The summed E-state index contributed by atoms with van der Waals surface area (Å²) in [7, 11) is 0. The highest BCUT2D eigenvalue weighted by Gasteiger charge is 2.21. The number of hydrogen-bond donors (Lipinski definition) is 0. The molecule has 0 radical (unpaired) electrons. The molecule has 0 saturated heterocycles. The molecule has 6 nitrogen and oxygen atoms in total. The number of rotatable bonds is 4. The van der Waals surface area contributed by atoms with E-state index in [1.54, 1.807) is 6.07 Å². The van der Waals surface area contributed by atoms with Crippen molar-refractivity contribution in [1.29, 1.82) is 0 Å². The highest BCUT2D eigenvalue weighted by Crippen LogP contribution is 2.39. The monoisotopic (exact) mass is 357 g/mol. The average molecular weight is 358 g/mol. The van der Waals surface area contributed by atoms with Gasteiger partial charge in [-0.05, 0) is 12.1 Å². The van der Waals surface area contributed by atoms with Crippen LogP contribution in [0.15, 0.2) is 53.1 Å². The number of esters is 1. The van der Waals surface area contributed by atoms with Gasteiger partial charge in [-0.3, -0.25) is 0 Å². The largest absolute Gasteiger partial charge is 0.455 e. The number of fused-ring (bicyclic) bond motifs is 1. The number of carbonyl (C=O) groups is 1. The molecule has 3 aromatic rings. The predicted octanol–water partition coefficient (Wildman–Crippen LogP) is 4.08. The molecule has 126 valence electrons. The van der Waals surface area contributed by atoms with Gasteiger partial charge in [-0.25, -0.2) is 4.79 Å². The van der Waals surface area contributed by atoms with Crippen molar-refractivity contribution >= 4 is 17.6 Å². The summed E-state index contributed by atoms with van der Waals surface area (Å²) >= 11 is 6.07. The van der Waals surface area contributed by atoms with Crippen LogP contribution in [0.2, 0.25) is 5.02 Å². The average Bonchev–Trinajstić information content (AvgIpc) is 3.30. The molecule has 0 saturated carbocycles. The topological polar surface area (TPSA) is 70.8 Å². The highest BCUT2D eigenvalue weighted by atomic mass is 35.5. The standard InChI is InChI=1S/C18H12ClNO5/c19-14-6-12(7-16-17(14)24-10-23-16)18(21)22-9-13-8-15(25-20-13)11-4-2-1-3-5-11/h1-8H,9-10H2. The minimum absolute atomic E-state index is 0.0127. The second-order valence-corrected chi connectivity index (χ2v) is 5.72. The summed E-state index contributed by atoms with van der Waals surface area (Å²) in [4.78, 5) is 12.2. The summed E-state index contributed by atoms with van der Waals surface area (Å²) in [6.45, 7) is 0.0655. The number of carbonyl (C=O) groups excluding carboxylic acids is 1. The Bertz CT molecular complexity index is 922. The quantitative estimate of drug-likeness (QED) is 0.655. The third-order valence-corrected chi connectivity index (χ3v) is 3.91. The molecular weight excluding hydrogens is 346 g/mol. The molecule has 7 heteroatoms. The van der Waals surface area contributed by atoms with E-state index in [2.05, 4.69) is 5.16 Å². The Labute approximate surface area is 147 Å². The van der Waals surface area contributed by atoms with Gasteiger partial charge in [0.25, 0.3) is 0 Å². The molecular formula is C18H12ClNO5. The first kappa shape index (κ1) is 15.5. The number of nitrogens with zero attached hydrogens (tertiary/aromatic N) is 1. The van der Waals surface area contributed by atoms with Crippen molar-refractivity contribution in [1.82, 2.24) is 5.16 Å².